The van der Waals surface area contributed by atoms with E-state index in [1.807, 2.05) is 32.0 Å². The molecule has 1 N–H and O–H groups in total. The zero-order valence-electron chi connectivity index (χ0n) is 9.01. The molecule has 0 saturated carbocycles. The van der Waals surface area contributed by atoms with Gasteiger partial charge in [0.25, 0.3) is 0 Å². The van der Waals surface area contributed by atoms with Gasteiger partial charge < -0.3 is 5.32 Å². The van der Waals surface area contributed by atoms with E-state index >= 15 is 0 Å². The second kappa shape index (κ2) is 9.11. The first kappa shape index (κ1) is 12.0. The zero-order chi connectivity index (χ0) is 9.94. The second-order valence-electron chi connectivity index (χ2n) is 2.65. The van der Waals surface area contributed by atoms with Crippen LogP contribution in [0.4, 0.5) is 5.69 Å². The maximum atomic E-state index is 3.35. The largest absolute Gasteiger partial charge is 0.385 e. The molecule has 0 amide bonds. The Morgan fingerprint density at radius 1 is 1.08 bits per heavy atom. The van der Waals surface area contributed by atoms with Crippen molar-refractivity contribution in [3.8, 4) is 0 Å². The Kier molecular flexibility index (Phi) is 8.42. The molecule has 13 heavy (non-hydrogen) atoms. The van der Waals surface area contributed by atoms with Crippen molar-refractivity contribution < 1.29 is 0 Å². The first-order valence-electron chi connectivity index (χ1n) is 5.22. The maximum absolute atomic E-state index is 3.35. The molecule has 0 fully saturated rings. The molecule has 0 radical (unpaired) electrons. The normalized spacial score (nSPS) is 8.54. The molecule has 0 unspecified atom stereocenters. The van der Waals surface area contributed by atoms with E-state index in [1.165, 1.54) is 18.5 Å². The summed E-state index contributed by atoms with van der Waals surface area (Å²) in [6.07, 6.45) is 2.49. The van der Waals surface area contributed by atoms with Crippen LogP contribution >= 0.6 is 0 Å². The molecule has 0 aliphatic carbocycles. The van der Waals surface area contributed by atoms with Gasteiger partial charge in [0.15, 0.2) is 0 Å². The molecule has 1 aromatic rings. The van der Waals surface area contributed by atoms with Gasteiger partial charge in [0.1, 0.15) is 0 Å². The fourth-order valence-electron chi connectivity index (χ4n) is 0.966. The Bertz CT molecular complexity index is 182. The Morgan fingerprint density at radius 3 is 2.23 bits per heavy atom. The summed E-state index contributed by atoms with van der Waals surface area (Å²) in [5.74, 6) is 0. The third-order valence-corrected chi connectivity index (χ3v) is 1.63. The van der Waals surface area contributed by atoms with Crippen molar-refractivity contribution in [2.75, 3.05) is 11.9 Å². The van der Waals surface area contributed by atoms with Gasteiger partial charge in [-0.15, -0.1) is 0 Å². The highest BCUT2D eigenvalue weighted by Crippen LogP contribution is 2.04. The van der Waals surface area contributed by atoms with Crippen LogP contribution in [-0.4, -0.2) is 6.54 Å². The van der Waals surface area contributed by atoms with Crippen molar-refractivity contribution in [2.24, 2.45) is 0 Å². The minimum Gasteiger partial charge on any atom is -0.385 e. The van der Waals surface area contributed by atoms with E-state index in [2.05, 4.69) is 24.4 Å². The summed E-state index contributed by atoms with van der Waals surface area (Å²) in [5.41, 5.74) is 1.22. The summed E-state index contributed by atoms with van der Waals surface area (Å²) < 4.78 is 0. The Hall–Kier alpha value is -0.980. The lowest BCUT2D eigenvalue weighted by atomic mass is 10.3. The van der Waals surface area contributed by atoms with Crippen molar-refractivity contribution in [3.05, 3.63) is 30.3 Å². The number of hydrogen-bond acceptors (Lipinski definition) is 1. The quantitative estimate of drug-likeness (QED) is 0.691. The molecule has 0 bridgehead atoms. The van der Waals surface area contributed by atoms with Crippen LogP contribution in [0.15, 0.2) is 30.3 Å². The minimum atomic E-state index is 1.08. The van der Waals surface area contributed by atoms with Crippen LogP contribution in [0.2, 0.25) is 0 Å². The molecule has 0 atom stereocenters. The van der Waals surface area contributed by atoms with Crippen LogP contribution in [0.3, 0.4) is 0 Å². The number of anilines is 1. The molecule has 0 heterocycles. The van der Waals surface area contributed by atoms with Crippen LogP contribution in [0, 0.1) is 0 Å². The third kappa shape index (κ3) is 6.21. The molecule has 1 rings (SSSR count). The highest BCUT2D eigenvalue weighted by Gasteiger charge is 1.86. The first-order valence-corrected chi connectivity index (χ1v) is 5.22. The fraction of sp³-hybridized carbons (Fsp3) is 0.500. The molecule has 1 heteroatoms. The van der Waals surface area contributed by atoms with Crippen molar-refractivity contribution in [2.45, 2.75) is 33.6 Å². The average Bonchev–Trinajstić information content (AvgIpc) is 2.23. The van der Waals surface area contributed by atoms with Gasteiger partial charge in [-0.2, -0.15) is 0 Å². The summed E-state index contributed by atoms with van der Waals surface area (Å²) in [4.78, 5) is 0. The number of nitrogens with one attached hydrogen (secondary N) is 1. The maximum Gasteiger partial charge on any atom is 0.0340 e. The summed E-state index contributed by atoms with van der Waals surface area (Å²) in [6.45, 7) is 7.28. The van der Waals surface area contributed by atoms with Crippen LogP contribution in [0.1, 0.15) is 33.6 Å². The lowest BCUT2D eigenvalue weighted by molar-refractivity contribution is 0.834. The number of unbranched alkanes of at least 4 members (excludes halogenated alkanes) is 1. The van der Waals surface area contributed by atoms with Gasteiger partial charge in [0, 0.05) is 12.2 Å². The molecular weight excluding hydrogens is 158 g/mol. The van der Waals surface area contributed by atoms with Gasteiger partial charge in [-0.1, -0.05) is 45.4 Å². The van der Waals surface area contributed by atoms with Crippen LogP contribution in [0.25, 0.3) is 0 Å². The van der Waals surface area contributed by atoms with Crippen LogP contribution in [0.5, 0.6) is 0 Å². The lowest BCUT2D eigenvalue weighted by Gasteiger charge is -2.03. The van der Waals surface area contributed by atoms with Crippen molar-refractivity contribution in [3.63, 3.8) is 0 Å². The van der Waals surface area contributed by atoms with E-state index in [-0.39, 0.29) is 0 Å². The fourth-order valence-corrected chi connectivity index (χ4v) is 0.966. The molecule has 0 aliphatic heterocycles. The van der Waals surface area contributed by atoms with E-state index in [4.69, 9.17) is 0 Å². The zero-order valence-corrected chi connectivity index (χ0v) is 9.01. The Labute approximate surface area is 82.2 Å². The van der Waals surface area contributed by atoms with E-state index in [1.54, 1.807) is 0 Å². The molecule has 0 spiro atoms. The number of rotatable bonds is 4. The van der Waals surface area contributed by atoms with E-state index in [0.717, 1.165) is 6.54 Å². The van der Waals surface area contributed by atoms with Gasteiger partial charge in [0.2, 0.25) is 0 Å². The predicted molar refractivity (Wildman–Crippen MR) is 61.2 cm³/mol. The minimum absolute atomic E-state index is 1.08. The summed E-state index contributed by atoms with van der Waals surface area (Å²) >= 11 is 0. The van der Waals surface area contributed by atoms with Gasteiger partial charge >= 0.3 is 0 Å². The van der Waals surface area contributed by atoms with Crippen molar-refractivity contribution in [1.82, 2.24) is 0 Å². The number of benzene rings is 1. The smallest absolute Gasteiger partial charge is 0.0340 e. The Balaban J connectivity index is 0.000000671. The first-order chi connectivity index (χ1) is 6.43. The summed E-state index contributed by atoms with van der Waals surface area (Å²) in [6, 6.07) is 10.3. The van der Waals surface area contributed by atoms with Gasteiger partial charge in [-0.05, 0) is 18.6 Å². The molecule has 0 aromatic heterocycles. The molecule has 1 nitrogen and oxygen atoms in total. The SMILES string of the molecule is CC.CCCCNc1ccccc1. The second-order valence-corrected chi connectivity index (χ2v) is 2.65. The number of hydrogen-bond donors (Lipinski definition) is 1. The van der Waals surface area contributed by atoms with Crippen LogP contribution in [-0.2, 0) is 0 Å². The topological polar surface area (TPSA) is 12.0 Å². The van der Waals surface area contributed by atoms with Crippen molar-refractivity contribution in [1.29, 1.82) is 0 Å². The van der Waals surface area contributed by atoms with Crippen molar-refractivity contribution >= 4 is 5.69 Å². The molecular formula is C12H21N. The lowest BCUT2D eigenvalue weighted by Crippen LogP contribution is -1.99. The van der Waals surface area contributed by atoms with Crippen LogP contribution < -0.4 is 5.32 Å². The summed E-state index contributed by atoms with van der Waals surface area (Å²) in [7, 11) is 0. The van der Waals surface area contributed by atoms with Gasteiger partial charge in [-0.25, -0.2) is 0 Å². The molecule has 0 saturated heterocycles. The van der Waals surface area contributed by atoms with E-state index < -0.39 is 0 Å². The monoisotopic (exact) mass is 179 g/mol. The molecule has 1 aromatic carbocycles. The predicted octanol–water partition coefficient (Wildman–Crippen LogP) is 3.92. The standard InChI is InChI=1S/C10H15N.C2H6/c1-2-3-9-11-10-7-5-4-6-8-10;1-2/h4-8,11H,2-3,9H2,1H3;1-2H3. The molecule has 0 aliphatic rings. The number of para-hydroxylation sites is 1. The molecule has 74 valence electrons. The Morgan fingerprint density at radius 2 is 1.69 bits per heavy atom. The average molecular weight is 179 g/mol. The highest BCUT2D eigenvalue weighted by atomic mass is 14.9. The van der Waals surface area contributed by atoms with Gasteiger partial charge in [-0.3, -0.25) is 0 Å². The third-order valence-electron chi connectivity index (χ3n) is 1.63. The highest BCUT2D eigenvalue weighted by molar-refractivity contribution is 5.42. The van der Waals surface area contributed by atoms with E-state index in [9.17, 15) is 0 Å². The summed E-state index contributed by atoms with van der Waals surface area (Å²) in [5, 5.41) is 3.35. The van der Waals surface area contributed by atoms with E-state index in [0.29, 0.717) is 0 Å². The van der Waals surface area contributed by atoms with Gasteiger partial charge in [0.05, 0.1) is 0 Å².